The summed E-state index contributed by atoms with van der Waals surface area (Å²) >= 11 is 7.03. The number of imide groups is 1. The Kier molecular flexibility index (Phi) is 7.78. The number of carbonyl (C=O) groups excluding carboxylic acids is 3. The third-order valence-corrected chi connectivity index (χ3v) is 5.84. The third kappa shape index (κ3) is 5.74. The second kappa shape index (κ2) is 10.5. The Hall–Kier alpha value is -3.30. The van der Waals surface area contributed by atoms with Gasteiger partial charge in [-0.1, -0.05) is 29.8 Å². The van der Waals surface area contributed by atoms with Gasteiger partial charge in [-0.3, -0.25) is 14.5 Å². The predicted octanol–water partition coefficient (Wildman–Crippen LogP) is 4.61. The molecule has 2 amide bonds. The number of nitrogens with zero attached hydrogens (tertiary/aromatic N) is 1. The highest BCUT2D eigenvalue weighted by Gasteiger charge is 2.41. The molecule has 0 saturated carbocycles. The number of thioether (sulfide) groups is 1. The number of halogens is 1. The van der Waals surface area contributed by atoms with E-state index in [4.69, 9.17) is 26.2 Å². The molecule has 1 aliphatic heterocycles. The average molecular weight is 490 g/mol. The van der Waals surface area contributed by atoms with E-state index in [0.717, 1.165) is 16.7 Å². The number of esters is 1. The summed E-state index contributed by atoms with van der Waals surface area (Å²) in [5, 5.41) is 8.80. The monoisotopic (exact) mass is 489 g/mol. The molecule has 0 aromatic heterocycles. The quantitative estimate of drug-likeness (QED) is 0.423. The first-order valence-electron chi connectivity index (χ1n) is 9.89. The summed E-state index contributed by atoms with van der Waals surface area (Å²) < 4.78 is 10.6. The number of aromatic carboxylic acids is 1. The predicted molar refractivity (Wildman–Crippen MR) is 123 cm³/mol. The van der Waals surface area contributed by atoms with Gasteiger partial charge < -0.3 is 14.6 Å². The fraction of sp³-hybridized carbons (Fsp3) is 0.217. The molecule has 1 atom stereocenters. The van der Waals surface area contributed by atoms with Gasteiger partial charge in [-0.15, -0.1) is 0 Å². The molecule has 1 saturated heterocycles. The lowest BCUT2D eigenvalue weighted by molar-refractivity contribution is -0.150. The van der Waals surface area contributed by atoms with Crippen molar-refractivity contribution < 1.29 is 33.8 Å². The molecule has 2 aromatic rings. The minimum absolute atomic E-state index is 0.116. The van der Waals surface area contributed by atoms with Crippen LogP contribution < -0.4 is 4.74 Å². The summed E-state index contributed by atoms with van der Waals surface area (Å²) in [5.41, 5.74) is 1.39. The van der Waals surface area contributed by atoms with Crippen molar-refractivity contribution >= 4 is 52.5 Å². The van der Waals surface area contributed by atoms with E-state index in [-0.39, 0.29) is 28.7 Å². The van der Waals surface area contributed by atoms with Crippen molar-refractivity contribution in [2.45, 2.75) is 26.5 Å². The van der Waals surface area contributed by atoms with Gasteiger partial charge in [0.25, 0.3) is 11.1 Å². The SMILES string of the molecule is CCOC(=O)[C@H](C)N1C(=O)S/C(=C/c2ccc(OCc3cccc(C(=O)O)c3)c(Cl)c2)C1=O. The molecule has 0 aliphatic carbocycles. The molecule has 0 spiro atoms. The van der Waals surface area contributed by atoms with Gasteiger partial charge in [0.15, 0.2) is 0 Å². The van der Waals surface area contributed by atoms with Crippen molar-refractivity contribution in [2.75, 3.05) is 6.61 Å². The largest absolute Gasteiger partial charge is 0.487 e. The van der Waals surface area contributed by atoms with Gasteiger partial charge in [0.1, 0.15) is 18.4 Å². The van der Waals surface area contributed by atoms with E-state index in [1.807, 2.05) is 0 Å². The number of hydrogen-bond acceptors (Lipinski definition) is 7. The topological polar surface area (TPSA) is 110 Å². The van der Waals surface area contributed by atoms with Crippen LogP contribution in [0.1, 0.15) is 35.3 Å². The molecule has 3 rings (SSSR count). The number of amides is 2. The first kappa shape index (κ1) is 24.3. The molecule has 1 fully saturated rings. The van der Waals surface area contributed by atoms with E-state index >= 15 is 0 Å². The van der Waals surface area contributed by atoms with Crippen LogP contribution in [-0.4, -0.2) is 45.7 Å². The zero-order valence-corrected chi connectivity index (χ0v) is 19.3. The van der Waals surface area contributed by atoms with Crippen LogP contribution in [0.2, 0.25) is 5.02 Å². The number of hydrogen-bond donors (Lipinski definition) is 1. The molecule has 1 heterocycles. The summed E-state index contributed by atoms with van der Waals surface area (Å²) in [6.07, 6.45) is 1.51. The molecule has 0 radical (unpaired) electrons. The lowest BCUT2D eigenvalue weighted by Crippen LogP contribution is -2.42. The highest BCUT2D eigenvalue weighted by Crippen LogP contribution is 2.35. The Bertz CT molecular complexity index is 1150. The van der Waals surface area contributed by atoms with Crippen LogP contribution in [0.5, 0.6) is 5.75 Å². The number of ether oxygens (including phenoxy) is 2. The summed E-state index contributed by atoms with van der Waals surface area (Å²) in [7, 11) is 0. The van der Waals surface area contributed by atoms with Crippen molar-refractivity contribution in [1.29, 1.82) is 0 Å². The second-order valence-corrected chi connectivity index (χ2v) is 8.36. The van der Waals surface area contributed by atoms with Crippen LogP contribution >= 0.6 is 23.4 Å². The van der Waals surface area contributed by atoms with Crippen LogP contribution in [-0.2, 0) is 20.9 Å². The molecule has 0 unspecified atom stereocenters. The Morgan fingerprint density at radius 2 is 1.97 bits per heavy atom. The number of carboxylic acids is 1. The molecule has 172 valence electrons. The summed E-state index contributed by atoms with van der Waals surface area (Å²) in [5.74, 6) is -1.89. The van der Waals surface area contributed by atoms with E-state index in [1.165, 1.54) is 25.1 Å². The standard InChI is InChI=1S/C23H20ClNO7S/c1-3-31-22(29)13(2)25-20(26)19(33-23(25)30)11-14-7-8-18(17(24)10-14)32-12-15-5-4-6-16(9-15)21(27)28/h4-11,13H,3,12H2,1-2H3,(H,27,28)/b19-11+/t13-/m0/s1. The van der Waals surface area contributed by atoms with Gasteiger partial charge in [0.05, 0.1) is 22.1 Å². The minimum Gasteiger partial charge on any atom is -0.487 e. The molecule has 2 aromatic carbocycles. The Labute approximate surface area is 199 Å². The number of carboxylic acid groups (broad SMARTS) is 1. The van der Waals surface area contributed by atoms with Gasteiger partial charge in [-0.2, -0.15) is 0 Å². The van der Waals surface area contributed by atoms with Crippen molar-refractivity contribution in [3.63, 3.8) is 0 Å². The summed E-state index contributed by atoms with van der Waals surface area (Å²) in [6, 6.07) is 10.2. The summed E-state index contributed by atoms with van der Waals surface area (Å²) in [4.78, 5) is 49.0. The smallest absolute Gasteiger partial charge is 0.335 e. The van der Waals surface area contributed by atoms with E-state index < -0.39 is 29.1 Å². The van der Waals surface area contributed by atoms with Crippen molar-refractivity contribution in [3.05, 3.63) is 69.1 Å². The Morgan fingerprint density at radius 3 is 2.64 bits per heavy atom. The average Bonchev–Trinajstić information content (AvgIpc) is 3.05. The van der Waals surface area contributed by atoms with E-state index in [1.54, 1.807) is 37.3 Å². The van der Waals surface area contributed by atoms with E-state index in [9.17, 15) is 19.2 Å². The van der Waals surface area contributed by atoms with Crippen LogP contribution in [0.25, 0.3) is 6.08 Å². The minimum atomic E-state index is -1.03. The lowest BCUT2D eigenvalue weighted by atomic mass is 10.1. The van der Waals surface area contributed by atoms with Crippen LogP contribution in [0.3, 0.4) is 0 Å². The highest BCUT2D eigenvalue weighted by atomic mass is 35.5. The Morgan fingerprint density at radius 1 is 1.21 bits per heavy atom. The number of carbonyl (C=O) groups is 4. The van der Waals surface area contributed by atoms with E-state index in [0.29, 0.717) is 16.9 Å². The van der Waals surface area contributed by atoms with Gasteiger partial charge in [0.2, 0.25) is 0 Å². The highest BCUT2D eigenvalue weighted by molar-refractivity contribution is 8.18. The molecule has 10 heteroatoms. The summed E-state index contributed by atoms with van der Waals surface area (Å²) in [6.45, 7) is 3.34. The maximum Gasteiger partial charge on any atom is 0.335 e. The lowest BCUT2D eigenvalue weighted by Gasteiger charge is -2.19. The number of benzene rings is 2. The maximum absolute atomic E-state index is 12.7. The fourth-order valence-electron chi connectivity index (χ4n) is 3.01. The van der Waals surface area contributed by atoms with Crippen molar-refractivity contribution in [2.24, 2.45) is 0 Å². The first-order chi connectivity index (χ1) is 15.7. The van der Waals surface area contributed by atoms with Crippen LogP contribution in [0.15, 0.2) is 47.4 Å². The zero-order chi connectivity index (χ0) is 24.1. The Balaban J connectivity index is 1.71. The van der Waals surface area contributed by atoms with Crippen molar-refractivity contribution in [1.82, 2.24) is 4.90 Å². The molecule has 8 nitrogen and oxygen atoms in total. The second-order valence-electron chi connectivity index (χ2n) is 6.96. The molecular weight excluding hydrogens is 470 g/mol. The van der Waals surface area contributed by atoms with Gasteiger partial charge >= 0.3 is 11.9 Å². The molecular formula is C23H20ClNO7S. The first-order valence-corrected chi connectivity index (χ1v) is 11.1. The van der Waals surface area contributed by atoms with Crippen LogP contribution in [0.4, 0.5) is 4.79 Å². The molecule has 1 aliphatic rings. The van der Waals surface area contributed by atoms with E-state index in [2.05, 4.69) is 0 Å². The molecule has 0 bridgehead atoms. The van der Waals surface area contributed by atoms with Crippen LogP contribution in [0, 0.1) is 0 Å². The fourth-order valence-corrected chi connectivity index (χ4v) is 4.16. The van der Waals surface area contributed by atoms with Crippen molar-refractivity contribution in [3.8, 4) is 5.75 Å². The zero-order valence-electron chi connectivity index (χ0n) is 17.7. The molecule has 1 N–H and O–H groups in total. The maximum atomic E-state index is 12.7. The third-order valence-electron chi connectivity index (χ3n) is 4.66. The number of rotatable bonds is 8. The normalized spacial score (nSPS) is 15.6. The molecule has 33 heavy (non-hydrogen) atoms. The van der Waals surface area contributed by atoms with Gasteiger partial charge in [-0.25, -0.2) is 9.59 Å². The van der Waals surface area contributed by atoms with Gasteiger partial charge in [-0.05, 0) is 67.1 Å². The van der Waals surface area contributed by atoms with Gasteiger partial charge in [0, 0.05) is 0 Å².